The van der Waals surface area contributed by atoms with E-state index in [1.807, 2.05) is 55.1 Å². The van der Waals surface area contributed by atoms with Crippen molar-refractivity contribution in [1.82, 2.24) is 25.2 Å². The van der Waals surface area contributed by atoms with Gasteiger partial charge in [0.05, 0.1) is 18.2 Å². The number of aliphatic hydroxyl groups is 1. The summed E-state index contributed by atoms with van der Waals surface area (Å²) in [6.45, 7) is 5.76. The smallest absolute Gasteiger partial charge is 0.254 e. The van der Waals surface area contributed by atoms with Gasteiger partial charge in [-0.2, -0.15) is 15.4 Å². The zero-order valence-corrected chi connectivity index (χ0v) is 21.3. The lowest BCUT2D eigenvalue weighted by Crippen LogP contribution is -2.61. The minimum atomic E-state index is -0.973. The third kappa shape index (κ3) is 3.41. The van der Waals surface area contributed by atoms with Gasteiger partial charge in [-0.15, -0.1) is 0 Å². The van der Waals surface area contributed by atoms with Gasteiger partial charge in [0, 0.05) is 48.0 Å². The first kappa shape index (κ1) is 23.2. The highest BCUT2D eigenvalue weighted by atomic mass is 16.5. The number of rotatable bonds is 4. The number of hydrogen-bond acceptors (Lipinski definition) is 6. The van der Waals surface area contributed by atoms with Crippen molar-refractivity contribution in [2.24, 2.45) is 17.8 Å². The quantitative estimate of drug-likeness (QED) is 0.436. The van der Waals surface area contributed by atoms with Crippen LogP contribution in [0.3, 0.4) is 0 Å². The second-order valence-electron chi connectivity index (χ2n) is 11.2. The second kappa shape index (κ2) is 8.26. The Morgan fingerprint density at radius 1 is 0.947 bits per heavy atom. The van der Waals surface area contributed by atoms with Crippen LogP contribution in [-0.2, 0) is 0 Å². The van der Waals surface area contributed by atoms with Crippen LogP contribution in [0.25, 0.3) is 21.8 Å². The first-order chi connectivity index (χ1) is 18.3. The average Bonchev–Trinajstić information content (AvgIpc) is 3.62. The Morgan fingerprint density at radius 2 is 1.68 bits per heavy atom. The molecule has 3 aliphatic rings. The van der Waals surface area contributed by atoms with Gasteiger partial charge >= 0.3 is 0 Å². The van der Waals surface area contributed by atoms with E-state index in [0.29, 0.717) is 47.5 Å². The number of amides is 2. The minimum Gasteiger partial charge on any atom is -0.490 e. The molecule has 4 aromatic rings. The van der Waals surface area contributed by atoms with Gasteiger partial charge in [-0.1, -0.05) is 24.3 Å². The van der Waals surface area contributed by atoms with Crippen molar-refractivity contribution in [3.8, 4) is 5.75 Å². The van der Waals surface area contributed by atoms with Gasteiger partial charge in [-0.3, -0.25) is 9.59 Å². The third-order valence-corrected chi connectivity index (χ3v) is 8.60. The molecule has 0 spiro atoms. The summed E-state index contributed by atoms with van der Waals surface area (Å²) in [5.74, 6) is 0.624. The summed E-state index contributed by atoms with van der Waals surface area (Å²) in [4.78, 5) is 30.5. The molecule has 1 aromatic heterocycles. The lowest BCUT2D eigenvalue weighted by atomic mass is 9.56. The number of nitrogens with zero attached hydrogens (tertiary/aromatic N) is 4. The van der Waals surface area contributed by atoms with Crippen LogP contribution in [0.5, 0.6) is 5.75 Å². The minimum absolute atomic E-state index is 0.0185. The lowest BCUT2D eigenvalue weighted by Gasteiger charge is -2.50. The normalized spacial score (nSPS) is 26.1. The van der Waals surface area contributed by atoms with E-state index in [-0.39, 0.29) is 42.2 Å². The molecule has 4 atom stereocenters. The number of ether oxygens (including phenoxy) is 1. The van der Waals surface area contributed by atoms with E-state index in [4.69, 9.17) is 4.74 Å². The summed E-state index contributed by atoms with van der Waals surface area (Å²) in [5.41, 5.74) is 1.52. The fourth-order valence-corrected chi connectivity index (χ4v) is 6.84. The number of fused-ring (bicyclic) bond motifs is 6. The Kier molecular flexibility index (Phi) is 5.03. The standard InChI is InChI=1S/C29H29N5O4/c1-16(2)38-26-11-19(9-17-5-3-4-6-20(17)26)28(36)34-14-23-21-12-33(13-22(21)29(23,37)15-34)27(35)18-7-8-24-25(10-18)31-32-30-24/h3-11,16,21-23,37H,12-15H2,1-2H3,(H,30,31,32)/t21-,22+,23?,29?/m0/s1. The van der Waals surface area contributed by atoms with Crippen LogP contribution in [0.2, 0.25) is 0 Å². The number of aromatic amines is 1. The Labute approximate surface area is 219 Å². The highest BCUT2D eigenvalue weighted by Gasteiger charge is 2.68. The van der Waals surface area contributed by atoms with Gasteiger partial charge in [0.25, 0.3) is 11.8 Å². The molecule has 38 heavy (non-hydrogen) atoms. The van der Waals surface area contributed by atoms with Crippen molar-refractivity contribution in [3.05, 3.63) is 65.7 Å². The van der Waals surface area contributed by atoms with Crippen LogP contribution in [0.15, 0.2) is 54.6 Å². The number of β-amino-alcohol motifs (C(OH)–C–C–N with tert-alkyl or cyclic N) is 1. The fraction of sp³-hybridized carbons (Fsp3) is 0.379. The van der Waals surface area contributed by atoms with Crippen molar-refractivity contribution in [2.75, 3.05) is 26.2 Å². The molecule has 0 radical (unpaired) electrons. The number of nitrogens with one attached hydrogen (secondary N) is 1. The first-order valence-corrected chi connectivity index (χ1v) is 13.1. The van der Waals surface area contributed by atoms with Crippen LogP contribution < -0.4 is 4.74 Å². The molecule has 3 heterocycles. The van der Waals surface area contributed by atoms with Gasteiger partial charge in [0.1, 0.15) is 16.8 Å². The monoisotopic (exact) mass is 511 g/mol. The van der Waals surface area contributed by atoms with E-state index in [2.05, 4.69) is 15.4 Å². The van der Waals surface area contributed by atoms with Gasteiger partial charge < -0.3 is 19.6 Å². The van der Waals surface area contributed by atoms with E-state index in [0.717, 1.165) is 10.8 Å². The van der Waals surface area contributed by atoms with E-state index >= 15 is 0 Å². The molecule has 3 fully saturated rings. The zero-order chi connectivity index (χ0) is 26.2. The maximum atomic E-state index is 13.6. The Balaban J connectivity index is 1.09. The number of hydrogen-bond donors (Lipinski definition) is 2. The fourth-order valence-electron chi connectivity index (χ4n) is 6.84. The number of likely N-dealkylation sites (tertiary alicyclic amines) is 2. The molecular weight excluding hydrogens is 482 g/mol. The first-order valence-electron chi connectivity index (χ1n) is 13.1. The summed E-state index contributed by atoms with van der Waals surface area (Å²) in [5, 5.41) is 24.3. The highest BCUT2D eigenvalue weighted by Crippen LogP contribution is 2.57. The largest absolute Gasteiger partial charge is 0.490 e. The number of carbonyl (C=O) groups excluding carboxylic acids is 2. The van der Waals surface area contributed by atoms with Crippen LogP contribution in [0, 0.1) is 17.8 Å². The van der Waals surface area contributed by atoms with Crippen molar-refractivity contribution in [2.45, 2.75) is 25.6 Å². The summed E-state index contributed by atoms with van der Waals surface area (Å²) in [6, 6.07) is 16.9. The summed E-state index contributed by atoms with van der Waals surface area (Å²) >= 11 is 0. The maximum Gasteiger partial charge on any atom is 0.254 e. The number of carbonyl (C=O) groups is 2. The summed E-state index contributed by atoms with van der Waals surface area (Å²) in [7, 11) is 0. The molecule has 2 saturated heterocycles. The van der Waals surface area contributed by atoms with Crippen molar-refractivity contribution in [1.29, 1.82) is 0 Å². The van der Waals surface area contributed by atoms with E-state index in [1.54, 1.807) is 23.1 Å². The predicted octanol–water partition coefficient (Wildman–Crippen LogP) is 3.10. The molecular formula is C29H29N5O4. The van der Waals surface area contributed by atoms with Crippen LogP contribution >= 0.6 is 0 Å². The SMILES string of the molecule is CC(C)Oc1cc(C(=O)N2CC3[C@H]4CN(C(=O)c5ccc6n[nH]nc6c5)C[C@H]4C3(O)C2)cc2ccccc12. The Morgan fingerprint density at radius 3 is 2.50 bits per heavy atom. The molecule has 2 N–H and O–H groups in total. The molecule has 2 amide bonds. The van der Waals surface area contributed by atoms with Gasteiger partial charge in [-0.05, 0) is 55.5 Å². The molecule has 2 unspecified atom stereocenters. The van der Waals surface area contributed by atoms with Crippen molar-refractivity contribution < 1.29 is 19.4 Å². The lowest BCUT2D eigenvalue weighted by molar-refractivity contribution is -0.145. The molecule has 1 aliphatic carbocycles. The highest BCUT2D eigenvalue weighted by molar-refractivity contribution is 6.01. The molecule has 2 aliphatic heterocycles. The molecule has 0 bridgehead atoms. The van der Waals surface area contributed by atoms with Gasteiger partial charge in [0.15, 0.2) is 0 Å². The van der Waals surface area contributed by atoms with Gasteiger partial charge in [0.2, 0.25) is 0 Å². The number of H-pyrrole nitrogens is 1. The van der Waals surface area contributed by atoms with Crippen molar-refractivity contribution >= 4 is 33.6 Å². The summed E-state index contributed by atoms with van der Waals surface area (Å²) in [6.07, 6.45) is -0.0185. The average molecular weight is 512 g/mol. The molecule has 1 saturated carbocycles. The molecule has 3 aromatic carbocycles. The maximum absolute atomic E-state index is 13.6. The van der Waals surface area contributed by atoms with Crippen molar-refractivity contribution in [3.63, 3.8) is 0 Å². The number of aromatic nitrogens is 3. The molecule has 194 valence electrons. The molecule has 9 nitrogen and oxygen atoms in total. The topological polar surface area (TPSA) is 112 Å². The molecule has 9 heteroatoms. The third-order valence-electron chi connectivity index (χ3n) is 8.60. The van der Waals surface area contributed by atoms with E-state index < -0.39 is 5.60 Å². The van der Waals surface area contributed by atoms with Crippen LogP contribution in [0.1, 0.15) is 34.6 Å². The van der Waals surface area contributed by atoms with Gasteiger partial charge in [-0.25, -0.2) is 0 Å². The number of benzene rings is 3. The predicted molar refractivity (Wildman–Crippen MR) is 141 cm³/mol. The van der Waals surface area contributed by atoms with Crippen LogP contribution in [0.4, 0.5) is 0 Å². The van der Waals surface area contributed by atoms with Crippen LogP contribution in [-0.4, -0.2) is 80.0 Å². The van der Waals surface area contributed by atoms with E-state index in [1.165, 1.54) is 0 Å². The Bertz CT molecular complexity index is 1600. The molecule has 7 rings (SSSR count). The Hall–Kier alpha value is -3.98. The zero-order valence-electron chi connectivity index (χ0n) is 21.3. The van der Waals surface area contributed by atoms with E-state index in [9.17, 15) is 14.7 Å². The summed E-state index contributed by atoms with van der Waals surface area (Å²) < 4.78 is 6.04. The second-order valence-corrected chi connectivity index (χ2v) is 11.2.